The largest absolute Gasteiger partial charge is 0.508 e. The highest BCUT2D eigenvalue weighted by Gasteiger charge is 2.15. The molecule has 108 valence electrons. The van der Waals surface area contributed by atoms with Crippen molar-refractivity contribution in [2.75, 3.05) is 0 Å². The normalized spacial score (nSPS) is 11.5. The van der Waals surface area contributed by atoms with Gasteiger partial charge in [-0.05, 0) is 69.2 Å². The van der Waals surface area contributed by atoms with Gasteiger partial charge >= 0.3 is 0 Å². The molecule has 0 saturated heterocycles. The van der Waals surface area contributed by atoms with Crippen molar-refractivity contribution >= 4 is 11.0 Å². The van der Waals surface area contributed by atoms with Crippen molar-refractivity contribution in [3.8, 4) is 17.1 Å². The number of fused-ring (bicyclic) bond motifs is 1. The fourth-order valence-corrected chi connectivity index (χ4v) is 2.73. The Hall–Kier alpha value is -2.29. The number of benzene rings is 2. The van der Waals surface area contributed by atoms with Crippen molar-refractivity contribution in [3.05, 3.63) is 47.5 Å². The molecule has 3 rings (SSSR count). The molecule has 1 aromatic heterocycles. The maximum atomic E-state index is 9.72. The Morgan fingerprint density at radius 2 is 1.81 bits per heavy atom. The summed E-state index contributed by atoms with van der Waals surface area (Å²) in [4.78, 5) is 4.82. The van der Waals surface area contributed by atoms with Crippen LogP contribution >= 0.6 is 0 Å². The first-order valence-corrected chi connectivity index (χ1v) is 7.26. The van der Waals surface area contributed by atoms with E-state index >= 15 is 0 Å². The van der Waals surface area contributed by atoms with Crippen LogP contribution in [0.4, 0.5) is 0 Å². The van der Waals surface area contributed by atoms with Gasteiger partial charge in [0, 0.05) is 11.6 Å². The van der Waals surface area contributed by atoms with Crippen molar-refractivity contribution in [1.82, 2.24) is 9.55 Å². The SMILES string of the molecule is Cc1ccc2c(c1)nc(-c1ccc(O)c(C)c1)n2C(C)C. The summed E-state index contributed by atoms with van der Waals surface area (Å²) in [5, 5.41) is 9.72. The molecule has 21 heavy (non-hydrogen) atoms. The summed E-state index contributed by atoms with van der Waals surface area (Å²) in [6.07, 6.45) is 0. The smallest absolute Gasteiger partial charge is 0.141 e. The molecule has 0 radical (unpaired) electrons. The number of hydrogen-bond donors (Lipinski definition) is 1. The lowest BCUT2D eigenvalue weighted by molar-refractivity contribution is 0.471. The van der Waals surface area contributed by atoms with Crippen LogP contribution < -0.4 is 0 Å². The second-order valence-electron chi connectivity index (χ2n) is 5.89. The van der Waals surface area contributed by atoms with Crippen molar-refractivity contribution in [1.29, 1.82) is 0 Å². The molecule has 2 aromatic carbocycles. The molecule has 0 fully saturated rings. The Balaban J connectivity index is 2.30. The van der Waals surface area contributed by atoms with Crippen LogP contribution in [0.3, 0.4) is 0 Å². The molecule has 0 aliphatic heterocycles. The van der Waals surface area contributed by atoms with E-state index in [0.717, 1.165) is 28.0 Å². The molecule has 0 spiro atoms. The Labute approximate surface area is 124 Å². The fourth-order valence-electron chi connectivity index (χ4n) is 2.73. The summed E-state index contributed by atoms with van der Waals surface area (Å²) in [5.74, 6) is 1.27. The number of phenolic OH excluding ortho intramolecular Hbond substituents is 1. The summed E-state index contributed by atoms with van der Waals surface area (Å²) < 4.78 is 2.25. The number of aromatic nitrogens is 2. The van der Waals surface area contributed by atoms with E-state index in [4.69, 9.17) is 4.98 Å². The Bertz CT molecular complexity index is 815. The standard InChI is InChI=1S/C18H20N2O/c1-11(2)20-16-7-5-12(3)9-15(16)19-18(20)14-6-8-17(21)13(4)10-14/h5-11,21H,1-4H3. The summed E-state index contributed by atoms with van der Waals surface area (Å²) in [7, 11) is 0. The van der Waals surface area contributed by atoms with Crippen LogP contribution in [-0.4, -0.2) is 14.7 Å². The van der Waals surface area contributed by atoms with Crippen LogP contribution in [-0.2, 0) is 0 Å². The van der Waals surface area contributed by atoms with E-state index in [1.54, 1.807) is 6.07 Å². The van der Waals surface area contributed by atoms with Gasteiger partial charge in [0.15, 0.2) is 0 Å². The lowest BCUT2D eigenvalue weighted by atomic mass is 10.1. The highest BCUT2D eigenvalue weighted by Crippen LogP contribution is 2.31. The second-order valence-corrected chi connectivity index (χ2v) is 5.89. The van der Waals surface area contributed by atoms with E-state index in [0.29, 0.717) is 11.8 Å². The molecular weight excluding hydrogens is 260 g/mol. The average Bonchev–Trinajstić information content (AvgIpc) is 2.80. The van der Waals surface area contributed by atoms with Gasteiger partial charge in [0.2, 0.25) is 0 Å². The van der Waals surface area contributed by atoms with Gasteiger partial charge in [-0.15, -0.1) is 0 Å². The van der Waals surface area contributed by atoms with Crippen molar-refractivity contribution in [3.63, 3.8) is 0 Å². The average molecular weight is 280 g/mol. The summed E-state index contributed by atoms with van der Waals surface area (Å²) in [6.45, 7) is 8.32. The quantitative estimate of drug-likeness (QED) is 0.744. The second kappa shape index (κ2) is 4.92. The Morgan fingerprint density at radius 1 is 1.05 bits per heavy atom. The summed E-state index contributed by atoms with van der Waals surface area (Å²) >= 11 is 0. The zero-order valence-corrected chi connectivity index (χ0v) is 12.9. The first kappa shape index (κ1) is 13.7. The minimum atomic E-state index is 0.321. The molecule has 3 heteroatoms. The van der Waals surface area contributed by atoms with Gasteiger partial charge in [-0.3, -0.25) is 0 Å². The molecule has 0 aliphatic rings. The van der Waals surface area contributed by atoms with Gasteiger partial charge in [0.1, 0.15) is 11.6 Å². The van der Waals surface area contributed by atoms with Crippen LogP contribution in [0.2, 0.25) is 0 Å². The topological polar surface area (TPSA) is 38.1 Å². The Morgan fingerprint density at radius 3 is 2.48 bits per heavy atom. The molecule has 0 bridgehead atoms. The third-order valence-electron chi connectivity index (χ3n) is 3.82. The number of rotatable bonds is 2. The molecular formula is C18H20N2O. The van der Waals surface area contributed by atoms with E-state index in [9.17, 15) is 5.11 Å². The van der Waals surface area contributed by atoms with E-state index in [1.807, 2.05) is 19.1 Å². The molecule has 3 aromatic rings. The van der Waals surface area contributed by atoms with Crippen LogP contribution in [0.1, 0.15) is 31.0 Å². The minimum Gasteiger partial charge on any atom is -0.508 e. The van der Waals surface area contributed by atoms with E-state index in [-0.39, 0.29) is 0 Å². The summed E-state index contributed by atoms with van der Waals surface area (Å²) in [6, 6.07) is 12.3. The maximum Gasteiger partial charge on any atom is 0.141 e. The molecule has 0 unspecified atom stereocenters. The predicted octanol–water partition coefficient (Wildman–Crippen LogP) is 4.61. The molecule has 1 heterocycles. The number of hydrogen-bond acceptors (Lipinski definition) is 2. The number of imidazole rings is 1. The van der Waals surface area contributed by atoms with Crippen molar-refractivity contribution in [2.24, 2.45) is 0 Å². The molecule has 0 saturated carbocycles. The number of aromatic hydroxyl groups is 1. The van der Waals surface area contributed by atoms with Crippen molar-refractivity contribution < 1.29 is 5.11 Å². The maximum absolute atomic E-state index is 9.72. The van der Waals surface area contributed by atoms with Crippen LogP contribution in [0.25, 0.3) is 22.4 Å². The first-order chi connectivity index (χ1) is 9.97. The molecule has 0 atom stereocenters. The first-order valence-electron chi connectivity index (χ1n) is 7.26. The molecule has 3 nitrogen and oxygen atoms in total. The van der Waals surface area contributed by atoms with Crippen LogP contribution in [0.15, 0.2) is 36.4 Å². The lowest BCUT2D eigenvalue weighted by Crippen LogP contribution is -2.03. The Kier molecular flexibility index (Phi) is 3.20. The highest BCUT2D eigenvalue weighted by atomic mass is 16.3. The van der Waals surface area contributed by atoms with Crippen LogP contribution in [0.5, 0.6) is 5.75 Å². The van der Waals surface area contributed by atoms with Gasteiger partial charge < -0.3 is 9.67 Å². The minimum absolute atomic E-state index is 0.321. The monoisotopic (exact) mass is 280 g/mol. The summed E-state index contributed by atoms with van der Waals surface area (Å²) in [5.41, 5.74) is 5.28. The highest BCUT2D eigenvalue weighted by molar-refractivity contribution is 5.81. The third kappa shape index (κ3) is 2.29. The number of phenols is 1. The van der Waals surface area contributed by atoms with Crippen molar-refractivity contribution in [2.45, 2.75) is 33.7 Å². The molecule has 0 aliphatic carbocycles. The lowest BCUT2D eigenvalue weighted by Gasteiger charge is -2.13. The molecule has 1 N–H and O–H groups in total. The van der Waals surface area contributed by atoms with Gasteiger partial charge in [-0.25, -0.2) is 4.98 Å². The zero-order chi connectivity index (χ0) is 15.1. The zero-order valence-electron chi connectivity index (χ0n) is 12.9. The fraction of sp³-hybridized carbons (Fsp3) is 0.278. The predicted molar refractivity (Wildman–Crippen MR) is 86.7 cm³/mol. The van der Waals surface area contributed by atoms with Crippen LogP contribution in [0, 0.1) is 13.8 Å². The van der Waals surface area contributed by atoms with E-state index < -0.39 is 0 Å². The van der Waals surface area contributed by atoms with Gasteiger partial charge in [0.25, 0.3) is 0 Å². The van der Waals surface area contributed by atoms with Gasteiger partial charge in [-0.2, -0.15) is 0 Å². The molecule has 0 amide bonds. The van der Waals surface area contributed by atoms with E-state index in [1.165, 1.54) is 5.56 Å². The number of aryl methyl sites for hydroxylation is 2. The van der Waals surface area contributed by atoms with E-state index in [2.05, 4.69) is 43.5 Å². The van der Waals surface area contributed by atoms with Gasteiger partial charge in [-0.1, -0.05) is 6.07 Å². The number of nitrogens with zero attached hydrogens (tertiary/aromatic N) is 2. The third-order valence-corrected chi connectivity index (χ3v) is 3.82. The van der Waals surface area contributed by atoms with Gasteiger partial charge in [0.05, 0.1) is 11.0 Å².